The zero-order valence-corrected chi connectivity index (χ0v) is 15.2. The van der Waals surface area contributed by atoms with Gasteiger partial charge in [0.15, 0.2) is 5.82 Å². The first-order valence-electron chi connectivity index (χ1n) is 8.64. The quantitative estimate of drug-likeness (QED) is 0.716. The number of nitrogens with two attached hydrogens (primary N) is 1. The smallest absolute Gasteiger partial charge is 0.258 e. The van der Waals surface area contributed by atoms with Gasteiger partial charge in [-0.2, -0.15) is 4.98 Å². The third-order valence-corrected chi connectivity index (χ3v) is 4.75. The molecule has 0 amide bonds. The Kier molecular flexibility index (Phi) is 5.59. The molecule has 1 heterocycles. The van der Waals surface area contributed by atoms with E-state index in [0.717, 1.165) is 42.6 Å². The zero-order valence-electron chi connectivity index (χ0n) is 14.4. The molecule has 0 bridgehead atoms. The van der Waals surface area contributed by atoms with Crippen molar-refractivity contribution in [3.05, 3.63) is 66.0 Å². The van der Waals surface area contributed by atoms with Gasteiger partial charge in [0.1, 0.15) is 12.4 Å². The van der Waals surface area contributed by atoms with Gasteiger partial charge >= 0.3 is 0 Å². The second kappa shape index (κ2) is 7.89. The number of hydrogen-bond acceptors (Lipinski definition) is 5. The molecule has 0 saturated heterocycles. The first kappa shape index (κ1) is 18.4. The van der Waals surface area contributed by atoms with Crippen LogP contribution in [0, 0.1) is 0 Å². The summed E-state index contributed by atoms with van der Waals surface area (Å²) in [7, 11) is 0. The van der Waals surface area contributed by atoms with E-state index in [1.165, 1.54) is 0 Å². The van der Waals surface area contributed by atoms with Gasteiger partial charge in [0, 0.05) is 11.1 Å². The van der Waals surface area contributed by atoms with Crippen LogP contribution in [0.15, 0.2) is 59.1 Å². The van der Waals surface area contributed by atoms with E-state index in [0.29, 0.717) is 18.3 Å². The third-order valence-electron chi connectivity index (χ3n) is 4.75. The van der Waals surface area contributed by atoms with Crippen LogP contribution in [-0.4, -0.2) is 10.1 Å². The molecule has 3 aromatic rings. The molecule has 5 nitrogen and oxygen atoms in total. The summed E-state index contributed by atoms with van der Waals surface area (Å²) in [4.78, 5) is 4.59. The van der Waals surface area contributed by atoms with Gasteiger partial charge in [-0.3, -0.25) is 0 Å². The molecule has 0 spiro atoms. The fraction of sp³-hybridized carbons (Fsp3) is 0.300. The molecule has 1 fully saturated rings. The van der Waals surface area contributed by atoms with E-state index in [4.69, 9.17) is 15.0 Å². The molecule has 0 aliphatic heterocycles. The average Bonchev–Trinajstić information content (AvgIpc) is 3.31. The first-order valence-corrected chi connectivity index (χ1v) is 8.64. The number of nitrogens with zero attached hydrogens (tertiary/aromatic N) is 2. The van der Waals surface area contributed by atoms with Crippen molar-refractivity contribution >= 4 is 12.4 Å². The minimum Gasteiger partial charge on any atom is -0.489 e. The van der Waals surface area contributed by atoms with E-state index < -0.39 is 5.54 Å². The lowest BCUT2D eigenvalue weighted by Crippen LogP contribution is -2.34. The molecule has 1 aliphatic rings. The lowest BCUT2D eigenvalue weighted by atomic mass is 9.98. The van der Waals surface area contributed by atoms with Crippen LogP contribution in [0.5, 0.6) is 5.75 Å². The minimum atomic E-state index is -0.447. The van der Waals surface area contributed by atoms with Crippen molar-refractivity contribution in [2.75, 3.05) is 0 Å². The van der Waals surface area contributed by atoms with Crippen molar-refractivity contribution in [2.24, 2.45) is 5.73 Å². The molecule has 136 valence electrons. The lowest BCUT2D eigenvalue weighted by Gasteiger charge is -2.17. The third kappa shape index (κ3) is 3.74. The van der Waals surface area contributed by atoms with E-state index in [9.17, 15) is 0 Å². The summed E-state index contributed by atoms with van der Waals surface area (Å²) < 4.78 is 11.4. The topological polar surface area (TPSA) is 74.2 Å². The van der Waals surface area contributed by atoms with Crippen LogP contribution in [0.1, 0.15) is 37.1 Å². The van der Waals surface area contributed by atoms with Gasteiger partial charge in [-0.25, -0.2) is 0 Å². The Morgan fingerprint density at radius 3 is 2.46 bits per heavy atom. The Bertz CT molecular complexity index is 845. The number of ether oxygens (including phenoxy) is 1. The van der Waals surface area contributed by atoms with Crippen LogP contribution in [0.2, 0.25) is 0 Å². The average molecular weight is 372 g/mol. The maximum absolute atomic E-state index is 6.43. The Hall–Kier alpha value is -2.37. The van der Waals surface area contributed by atoms with Crippen molar-refractivity contribution in [1.29, 1.82) is 0 Å². The van der Waals surface area contributed by atoms with Gasteiger partial charge in [-0.1, -0.05) is 54.4 Å². The van der Waals surface area contributed by atoms with E-state index in [2.05, 4.69) is 10.1 Å². The summed E-state index contributed by atoms with van der Waals surface area (Å²) in [6, 6.07) is 17.7. The molecule has 26 heavy (non-hydrogen) atoms. The fourth-order valence-electron chi connectivity index (χ4n) is 3.30. The number of aromatic nitrogens is 2. The predicted molar refractivity (Wildman–Crippen MR) is 102 cm³/mol. The van der Waals surface area contributed by atoms with E-state index in [1.54, 1.807) is 0 Å². The van der Waals surface area contributed by atoms with Crippen molar-refractivity contribution in [1.82, 2.24) is 10.1 Å². The molecule has 4 rings (SSSR count). The maximum Gasteiger partial charge on any atom is 0.258 e. The van der Waals surface area contributed by atoms with Gasteiger partial charge in [0.25, 0.3) is 5.89 Å². The SMILES string of the molecule is Cl.NC1(c2noc(-c3ccccc3COc3ccccc3)n2)CCCC1. The normalized spacial score (nSPS) is 15.4. The van der Waals surface area contributed by atoms with Crippen LogP contribution in [0.25, 0.3) is 11.5 Å². The highest BCUT2D eigenvalue weighted by Gasteiger charge is 2.36. The highest BCUT2D eigenvalue weighted by Crippen LogP contribution is 2.35. The second-order valence-corrected chi connectivity index (χ2v) is 6.55. The number of benzene rings is 2. The summed E-state index contributed by atoms with van der Waals surface area (Å²) in [6.07, 6.45) is 4.04. The molecule has 0 unspecified atom stereocenters. The van der Waals surface area contributed by atoms with E-state index in [1.807, 2.05) is 54.6 Å². The summed E-state index contributed by atoms with van der Waals surface area (Å²) >= 11 is 0. The van der Waals surface area contributed by atoms with Crippen LogP contribution in [0.4, 0.5) is 0 Å². The van der Waals surface area contributed by atoms with Crippen LogP contribution in [0.3, 0.4) is 0 Å². The highest BCUT2D eigenvalue weighted by molar-refractivity contribution is 5.85. The standard InChI is InChI=1S/C20H21N3O2.ClH/c21-20(12-6-7-13-20)19-22-18(25-23-19)17-11-5-4-8-15(17)14-24-16-9-2-1-3-10-16;/h1-5,8-11H,6-7,12-14,21H2;1H. The molecule has 2 aromatic carbocycles. The van der Waals surface area contributed by atoms with Gasteiger partial charge in [0.05, 0.1) is 5.54 Å². The minimum absolute atomic E-state index is 0. The Labute approximate surface area is 159 Å². The maximum atomic E-state index is 6.43. The molecule has 0 atom stereocenters. The molecule has 0 radical (unpaired) electrons. The molecular weight excluding hydrogens is 350 g/mol. The first-order chi connectivity index (χ1) is 12.2. The lowest BCUT2D eigenvalue weighted by molar-refractivity contribution is 0.306. The largest absolute Gasteiger partial charge is 0.489 e. The highest BCUT2D eigenvalue weighted by atomic mass is 35.5. The van der Waals surface area contributed by atoms with Gasteiger partial charge in [-0.15, -0.1) is 12.4 Å². The van der Waals surface area contributed by atoms with E-state index in [-0.39, 0.29) is 12.4 Å². The van der Waals surface area contributed by atoms with Crippen molar-refractivity contribution in [3.63, 3.8) is 0 Å². The van der Waals surface area contributed by atoms with Crippen molar-refractivity contribution in [2.45, 2.75) is 37.8 Å². The molecule has 1 saturated carbocycles. The van der Waals surface area contributed by atoms with E-state index >= 15 is 0 Å². The van der Waals surface area contributed by atoms with Crippen molar-refractivity contribution in [3.8, 4) is 17.2 Å². The fourth-order valence-corrected chi connectivity index (χ4v) is 3.30. The van der Waals surface area contributed by atoms with Gasteiger partial charge in [-0.05, 0) is 31.0 Å². The summed E-state index contributed by atoms with van der Waals surface area (Å²) in [5.41, 5.74) is 7.87. The number of hydrogen-bond donors (Lipinski definition) is 1. The Balaban J connectivity index is 0.00000196. The second-order valence-electron chi connectivity index (χ2n) is 6.55. The molecular formula is C20H22ClN3O2. The van der Waals surface area contributed by atoms with Crippen LogP contribution < -0.4 is 10.5 Å². The Morgan fingerprint density at radius 2 is 1.69 bits per heavy atom. The summed E-state index contributed by atoms with van der Waals surface area (Å²) in [5.74, 6) is 1.94. The number of para-hydroxylation sites is 1. The predicted octanol–water partition coefficient (Wildman–Crippen LogP) is 4.47. The summed E-state index contributed by atoms with van der Waals surface area (Å²) in [6.45, 7) is 0.436. The molecule has 1 aliphatic carbocycles. The monoisotopic (exact) mass is 371 g/mol. The van der Waals surface area contributed by atoms with Crippen molar-refractivity contribution < 1.29 is 9.26 Å². The zero-order chi connectivity index (χ0) is 17.1. The molecule has 6 heteroatoms. The van der Waals surface area contributed by atoms with Crippen LogP contribution >= 0.6 is 12.4 Å². The molecule has 2 N–H and O–H groups in total. The Morgan fingerprint density at radius 1 is 1.00 bits per heavy atom. The van der Waals surface area contributed by atoms with Crippen LogP contribution in [-0.2, 0) is 12.1 Å². The van der Waals surface area contributed by atoms with Gasteiger partial charge < -0.3 is 15.0 Å². The number of rotatable bonds is 5. The number of halogens is 1. The summed E-state index contributed by atoms with van der Waals surface area (Å²) in [5, 5.41) is 4.15. The van der Waals surface area contributed by atoms with Gasteiger partial charge in [0.2, 0.25) is 0 Å². The molecule has 1 aromatic heterocycles.